The first-order chi connectivity index (χ1) is 17.0. The molecule has 1 saturated heterocycles. The van der Waals surface area contributed by atoms with E-state index in [9.17, 15) is 4.39 Å². The number of hydrogen-bond acceptors (Lipinski definition) is 8. The van der Waals surface area contributed by atoms with E-state index >= 15 is 0 Å². The molecule has 4 heterocycles. The molecule has 0 radical (unpaired) electrons. The summed E-state index contributed by atoms with van der Waals surface area (Å²) < 4.78 is 20.7. The van der Waals surface area contributed by atoms with E-state index in [1.165, 1.54) is 6.07 Å². The number of halogens is 1. The van der Waals surface area contributed by atoms with Gasteiger partial charge in [0.2, 0.25) is 0 Å². The van der Waals surface area contributed by atoms with Crippen LogP contribution >= 0.6 is 0 Å². The SMILES string of the molecule is CNc1cc(F)cc2c1Cc1nc(Oc3cnc4cccnc4c3)nc(N3C[C@H](N)C4(CC4)C3)c1-2. The van der Waals surface area contributed by atoms with Crippen LogP contribution in [0.25, 0.3) is 22.2 Å². The number of fused-ring (bicyclic) bond motifs is 4. The summed E-state index contributed by atoms with van der Waals surface area (Å²) in [7, 11) is 1.80. The predicted octanol–water partition coefficient (Wildman–Crippen LogP) is 3.89. The molecule has 7 rings (SSSR count). The fourth-order valence-corrected chi connectivity index (χ4v) is 5.53. The molecule has 1 atom stereocenters. The lowest BCUT2D eigenvalue weighted by atomic mass is 10.0. The first kappa shape index (κ1) is 20.5. The molecule has 0 bridgehead atoms. The van der Waals surface area contributed by atoms with Crippen LogP contribution in [0.4, 0.5) is 15.9 Å². The summed E-state index contributed by atoms with van der Waals surface area (Å²) >= 11 is 0. The molecule has 8 nitrogen and oxygen atoms in total. The Bertz CT molecular complexity index is 1500. The van der Waals surface area contributed by atoms with Crippen molar-refractivity contribution in [3.8, 4) is 22.9 Å². The average Bonchev–Trinajstić information content (AvgIpc) is 3.45. The lowest BCUT2D eigenvalue weighted by Gasteiger charge is -2.21. The number of nitrogens with one attached hydrogen (secondary N) is 1. The van der Waals surface area contributed by atoms with Gasteiger partial charge in [-0.3, -0.25) is 9.97 Å². The molecule has 9 heteroatoms. The van der Waals surface area contributed by atoms with Crippen molar-refractivity contribution in [1.82, 2.24) is 19.9 Å². The number of nitrogens with zero attached hydrogens (tertiary/aromatic N) is 5. The third-order valence-corrected chi connectivity index (χ3v) is 7.58. The van der Waals surface area contributed by atoms with Crippen molar-refractivity contribution >= 4 is 22.5 Å². The van der Waals surface area contributed by atoms with Crippen LogP contribution in [-0.4, -0.2) is 46.1 Å². The molecule has 4 aromatic rings. The van der Waals surface area contributed by atoms with Gasteiger partial charge in [-0.2, -0.15) is 9.97 Å². The summed E-state index contributed by atoms with van der Waals surface area (Å²) in [5, 5.41) is 3.13. The van der Waals surface area contributed by atoms with Crippen LogP contribution in [0.3, 0.4) is 0 Å². The zero-order valence-corrected chi connectivity index (χ0v) is 19.3. The highest BCUT2D eigenvalue weighted by molar-refractivity contribution is 5.88. The van der Waals surface area contributed by atoms with Gasteiger partial charge < -0.3 is 20.7 Å². The Labute approximate surface area is 201 Å². The standard InChI is InChI=1S/C26H24FN7O/c1-29-19-8-14(27)7-17-16(19)10-21-23(17)24(34-12-22(28)26(13-34)4-5-26)33-25(32-21)35-15-9-20-18(31-11-15)3-2-6-30-20/h2-3,6-9,11,22,29H,4-5,10,12-13,28H2,1H3/t22-/m0/s1. The first-order valence-electron chi connectivity index (χ1n) is 11.8. The second-order valence-corrected chi connectivity index (χ2v) is 9.72. The van der Waals surface area contributed by atoms with Crippen molar-refractivity contribution in [3.63, 3.8) is 0 Å². The van der Waals surface area contributed by atoms with E-state index in [2.05, 4.69) is 20.2 Å². The Morgan fingerprint density at radius 3 is 2.86 bits per heavy atom. The van der Waals surface area contributed by atoms with Gasteiger partial charge in [0.05, 0.1) is 22.9 Å². The molecule has 1 spiro atoms. The minimum absolute atomic E-state index is 0.0921. The van der Waals surface area contributed by atoms with E-state index in [1.54, 1.807) is 25.5 Å². The molecule has 0 amide bonds. The molecule has 3 N–H and O–H groups in total. The van der Waals surface area contributed by atoms with Crippen LogP contribution < -0.4 is 20.7 Å². The highest BCUT2D eigenvalue weighted by Gasteiger charge is 2.54. The molecule has 3 aromatic heterocycles. The number of hydrogen-bond donors (Lipinski definition) is 2. The molecule has 1 aromatic carbocycles. The minimum atomic E-state index is -0.293. The Morgan fingerprint density at radius 2 is 2.06 bits per heavy atom. The molecule has 1 aliphatic heterocycles. The topological polar surface area (TPSA) is 102 Å². The maximum absolute atomic E-state index is 14.6. The van der Waals surface area contributed by atoms with Crippen LogP contribution in [0.15, 0.2) is 42.7 Å². The van der Waals surface area contributed by atoms with E-state index in [0.29, 0.717) is 18.7 Å². The number of ether oxygens (including phenoxy) is 1. The smallest absolute Gasteiger partial charge is 0.324 e. The molecule has 2 aliphatic carbocycles. The summed E-state index contributed by atoms with van der Waals surface area (Å²) in [6.07, 6.45) is 6.19. The number of pyridine rings is 2. The molecule has 1 saturated carbocycles. The Morgan fingerprint density at radius 1 is 1.17 bits per heavy atom. The third kappa shape index (κ3) is 3.22. The van der Waals surface area contributed by atoms with Crippen LogP contribution in [0.5, 0.6) is 11.8 Å². The summed E-state index contributed by atoms with van der Waals surface area (Å²) in [6, 6.07) is 9.00. The lowest BCUT2D eigenvalue weighted by Crippen LogP contribution is -2.30. The maximum atomic E-state index is 14.6. The van der Waals surface area contributed by atoms with Crippen molar-refractivity contribution < 1.29 is 9.13 Å². The van der Waals surface area contributed by atoms with Crippen molar-refractivity contribution in [3.05, 3.63) is 59.8 Å². The van der Waals surface area contributed by atoms with Crippen molar-refractivity contribution in [1.29, 1.82) is 0 Å². The average molecular weight is 470 g/mol. The van der Waals surface area contributed by atoms with Crippen LogP contribution in [0.2, 0.25) is 0 Å². The van der Waals surface area contributed by atoms with Crippen molar-refractivity contribution in [2.45, 2.75) is 25.3 Å². The number of aromatic nitrogens is 4. The second-order valence-electron chi connectivity index (χ2n) is 9.72. The second kappa shape index (κ2) is 7.32. The number of benzene rings is 1. The van der Waals surface area contributed by atoms with E-state index in [1.807, 2.05) is 18.2 Å². The van der Waals surface area contributed by atoms with Crippen LogP contribution in [0.1, 0.15) is 24.1 Å². The van der Waals surface area contributed by atoms with Gasteiger partial charge in [0.1, 0.15) is 11.6 Å². The van der Waals surface area contributed by atoms with Gasteiger partial charge in [-0.25, -0.2) is 4.39 Å². The zero-order chi connectivity index (χ0) is 23.7. The molecule has 176 valence electrons. The van der Waals surface area contributed by atoms with E-state index in [-0.39, 0.29) is 23.3 Å². The number of rotatable bonds is 4. The summed E-state index contributed by atoms with van der Waals surface area (Å²) in [5.41, 5.74) is 12.5. The fraction of sp³-hybridized carbons (Fsp3) is 0.308. The largest absolute Gasteiger partial charge is 0.423 e. The fourth-order valence-electron chi connectivity index (χ4n) is 5.53. The normalized spacial score (nSPS) is 19.2. The maximum Gasteiger partial charge on any atom is 0.324 e. The van der Waals surface area contributed by atoms with Gasteiger partial charge >= 0.3 is 6.01 Å². The van der Waals surface area contributed by atoms with Gasteiger partial charge in [0.25, 0.3) is 0 Å². The van der Waals surface area contributed by atoms with E-state index in [4.69, 9.17) is 20.4 Å². The molecular weight excluding hydrogens is 445 g/mol. The van der Waals surface area contributed by atoms with E-state index < -0.39 is 0 Å². The van der Waals surface area contributed by atoms with Gasteiger partial charge in [-0.1, -0.05) is 0 Å². The van der Waals surface area contributed by atoms with Crippen molar-refractivity contribution in [2.24, 2.45) is 11.1 Å². The molecular formula is C26H24FN7O. The minimum Gasteiger partial charge on any atom is -0.423 e. The van der Waals surface area contributed by atoms with Crippen molar-refractivity contribution in [2.75, 3.05) is 30.4 Å². The summed E-state index contributed by atoms with van der Waals surface area (Å²) in [4.78, 5) is 20.6. The molecule has 3 aliphatic rings. The monoisotopic (exact) mass is 469 g/mol. The quantitative estimate of drug-likeness (QED) is 0.409. The zero-order valence-electron chi connectivity index (χ0n) is 19.3. The molecule has 35 heavy (non-hydrogen) atoms. The van der Waals surface area contributed by atoms with Crippen LogP contribution in [-0.2, 0) is 6.42 Å². The number of anilines is 2. The lowest BCUT2D eigenvalue weighted by molar-refractivity contribution is 0.439. The highest BCUT2D eigenvalue weighted by atomic mass is 19.1. The predicted molar refractivity (Wildman–Crippen MR) is 131 cm³/mol. The molecule has 2 fully saturated rings. The van der Waals surface area contributed by atoms with Gasteiger partial charge in [-0.05, 0) is 48.2 Å². The first-order valence-corrected chi connectivity index (χ1v) is 11.8. The Kier molecular flexibility index (Phi) is 4.29. The van der Waals surface area contributed by atoms with E-state index in [0.717, 1.165) is 64.3 Å². The van der Waals surface area contributed by atoms with Gasteiger partial charge in [0, 0.05) is 61.5 Å². The highest BCUT2D eigenvalue weighted by Crippen LogP contribution is 2.54. The van der Waals surface area contributed by atoms with Gasteiger partial charge in [0.15, 0.2) is 5.75 Å². The summed E-state index contributed by atoms with van der Waals surface area (Å²) in [6.45, 7) is 1.54. The number of nitrogens with two attached hydrogens (primary N) is 1. The third-order valence-electron chi connectivity index (χ3n) is 7.58. The Balaban J connectivity index is 1.34. The van der Waals surface area contributed by atoms with Crippen LogP contribution in [0, 0.1) is 11.2 Å². The van der Waals surface area contributed by atoms with Gasteiger partial charge in [-0.15, -0.1) is 0 Å². The Hall–Kier alpha value is -3.85. The molecule has 0 unspecified atom stereocenters. The summed E-state index contributed by atoms with van der Waals surface area (Å²) in [5.74, 6) is 0.970.